The highest BCUT2D eigenvalue weighted by molar-refractivity contribution is 6.44. The first kappa shape index (κ1) is 17.3. The maximum absolute atomic E-state index is 11.4. The summed E-state index contributed by atoms with van der Waals surface area (Å²) in [4.78, 5) is 11.4. The minimum absolute atomic E-state index is 0.0269. The van der Waals surface area contributed by atoms with Gasteiger partial charge in [0, 0.05) is 12.1 Å². The van der Waals surface area contributed by atoms with Crippen LogP contribution in [0.5, 0.6) is 0 Å². The maximum Gasteiger partial charge on any atom is 0.269 e. The van der Waals surface area contributed by atoms with Gasteiger partial charge in [0.2, 0.25) is 0 Å². The number of benzene rings is 1. The molecule has 0 aromatic heterocycles. The van der Waals surface area contributed by atoms with Crippen LogP contribution in [0, 0.1) is 5.41 Å². The lowest BCUT2D eigenvalue weighted by molar-refractivity contribution is -0.114. The molecule has 4 heteroatoms. The van der Waals surface area contributed by atoms with Gasteiger partial charge in [-0.25, -0.2) is 0 Å². The molecule has 0 spiro atoms. The Balaban J connectivity index is 0.000000555. The zero-order valence-corrected chi connectivity index (χ0v) is 12.2. The SMILES string of the molecule is CC(C)(C)O.CCCNC(=O)C(=N)c1ccccc1. The van der Waals surface area contributed by atoms with Crippen molar-refractivity contribution in [3.05, 3.63) is 35.9 Å². The molecule has 0 fully saturated rings. The van der Waals surface area contributed by atoms with E-state index in [1.54, 1.807) is 32.9 Å². The van der Waals surface area contributed by atoms with Crippen LogP contribution in [-0.2, 0) is 4.79 Å². The van der Waals surface area contributed by atoms with Gasteiger partial charge in [0.25, 0.3) is 5.91 Å². The number of carbonyl (C=O) groups is 1. The summed E-state index contributed by atoms with van der Waals surface area (Å²) in [6, 6.07) is 9.01. The van der Waals surface area contributed by atoms with E-state index in [9.17, 15) is 4.79 Å². The summed E-state index contributed by atoms with van der Waals surface area (Å²) in [5, 5.41) is 18.8. The summed E-state index contributed by atoms with van der Waals surface area (Å²) in [6.45, 7) is 7.83. The van der Waals surface area contributed by atoms with E-state index in [4.69, 9.17) is 10.5 Å². The third-order valence-corrected chi connectivity index (χ3v) is 1.83. The molecule has 0 unspecified atom stereocenters. The Labute approximate surface area is 115 Å². The highest BCUT2D eigenvalue weighted by atomic mass is 16.3. The Kier molecular flexibility index (Phi) is 7.68. The summed E-state index contributed by atoms with van der Waals surface area (Å²) < 4.78 is 0. The molecule has 0 saturated heterocycles. The molecule has 0 aliphatic carbocycles. The quantitative estimate of drug-likeness (QED) is 0.730. The lowest BCUT2D eigenvalue weighted by atomic mass is 10.1. The van der Waals surface area contributed by atoms with Crippen LogP contribution in [-0.4, -0.2) is 28.9 Å². The van der Waals surface area contributed by atoms with E-state index in [1.165, 1.54) is 0 Å². The molecule has 0 bridgehead atoms. The number of hydrogen-bond acceptors (Lipinski definition) is 3. The summed E-state index contributed by atoms with van der Waals surface area (Å²) in [5.41, 5.74) is 0.181. The van der Waals surface area contributed by atoms with Gasteiger partial charge in [-0.1, -0.05) is 37.3 Å². The van der Waals surface area contributed by atoms with E-state index in [1.807, 2.05) is 25.1 Å². The Hall–Kier alpha value is -1.68. The lowest BCUT2D eigenvalue weighted by Crippen LogP contribution is -2.31. The van der Waals surface area contributed by atoms with Crippen molar-refractivity contribution in [3.8, 4) is 0 Å². The summed E-state index contributed by atoms with van der Waals surface area (Å²) in [7, 11) is 0. The Morgan fingerprint density at radius 2 is 1.74 bits per heavy atom. The molecule has 1 amide bonds. The minimum atomic E-state index is -0.500. The highest BCUT2D eigenvalue weighted by Crippen LogP contribution is 1.99. The van der Waals surface area contributed by atoms with Crippen LogP contribution < -0.4 is 5.32 Å². The smallest absolute Gasteiger partial charge is 0.269 e. The van der Waals surface area contributed by atoms with Crippen LogP contribution in [0.4, 0.5) is 0 Å². The average molecular weight is 264 g/mol. The highest BCUT2D eigenvalue weighted by Gasteiger charge is 2.09. The topological polar surface area (TPSA) is 73.2 Å². The van der Waals surface area contributed by atoms with Crippen LogP contribution in [0.15, 0.2) is 30.3 Å². The van der Waals surface area contributed by atoms with Gasteiger partial charge in [-0.15, -0.1) is 0 Å². The fourth-order valence-electron chi connectivity index (χ4n) is 1.06. The van der Waals surface area contributed by atoms with Crippen molar-refractivity contribution in [1.82, 2.24) is 5.32 Å². The van der Waals surface area contributed by atoms with Gasteiger partial charge in [0.15, 0.2) is 0 Å². The number of nitrogens with one attached hydrogen (secondary N) is 2. The average Bonchev–Trinajstić information content (AvgIpc) is 2.34. The summed E-state index contributed by atoms with van der Waals surface area (Å²) in [6.07, 6.45) is 0.883. The molecule has 0 aliphatic heterocycles. The van der Waals surface area contributed by atoms with E-state index in [0.717, 1.165) is 6.42 Å². The van der Waals surface area contributed by atoms with Gasteiger partial charge in [-0.2, -0.15) is 0 Å². The van der Waals surface area contributed by atoms with Crippen molar-refractivity contribution in [3.63, 3.8) is 0 Å². The van der Waals surface area contributed by atoms with Crippen LogP contribution in [0.25, 0.3) is 0 Å². The number of hydrogen-bond donors (Lipinski definition) is 3. The normalized spacial score (nSPS) is 10.2. The van der Waals surface area contributed by atoms with Crippen molar-refractivity contribution in [1.29, 1.82) is 5.41 Å². The Morgan fingerprint density at radius 1 is 1.26 bits per heavy atom. The third kappa shape index (κ3) is 9.97. The molecule has 0 heterocycles. The first-order chi connectivity index (χ1) is 8.75. The Morgan fingerprint density at radius 3 is 2.16 bits per heavy atom. The third-order valence-electron chi connectivity index (χ3n) is 1.83. The summed E-state index contributed by atoms with van der Waals surface area (Å²) in [5.74, 6) is -0.307. The van der Waals surface area contributed by atoms with Crippen LogP contribution in [0.2, 0.25) is 0 Å². The van der Waals surface area contributed by atoms with Gasteiger partial charge in [-0.3, -0.25) is 10.2 Å². The van der Waals surface area contributed by atoms with E-state index in [-0.39, 0.29) is 11.6 Å². The summed E-state index contributed by atoms with van der Waals surface area (Å²) >= 11 is 0. The molecule has 0 aliphatic rings. The largest absolute Gasteiger partial charge is 0.391 e. The first-order valence-electron chi connectivity index (χ1n) is 6.40. The molecule has 0 radical (unpaired) electrons. The molecular weight excluding hydrogens is 240 g/mol. The van der Waals surface area contributed by atoms with E-state index < -0.39 is 5.60 Å². The minimum Gasteiger partial charge on any atom is -0.391 e. The van der Waals surface area contributed by atoms with Crippen molar-refractivity contribution >= 4 is 11.6 Å². The van der Waals surface area contributed by atoms with Gasteiger partial charge in [0.1, 0.15) is 5.71 Å². The van der Waals surface area contributed by atoms with Crippen LogP contribution >= 0.6 is 0 Å². The Bertz CT molecular complexity index is 388. The van der Waals surface area contributed by atoms with Crippen molar-refractivity contribution < 1.29 is 9.90 Å². The monoisotopic (exact) mass is 264 g/mol. The number of carbonyl (C=O) groups excluding carboxylic acids is 1. The van der Waals surface area contributed by atoms with E-state index in [0.29, 0.717) is 12.1 Å². The van der Waals surface area contributed by atoms with Crippen LogP contribution in [0.1, 0.15) is 39.7 Å². The molecule has 0 atom stereocenters. The van der Waals surface area contributed by atoms with Gasteiger partial charge >= 0.3 is 0 Å². The molecule has 19 heavy (non-hydrogen) atoms. The van der Waals surface area contributed by atoms with Gasteiger partial charge < -0.3 is 10.4 Å². The molecule has 1 aromatic rings. The van der Waals surface area contributed by atoms with E-state index in [2.05, 4.69) is 5.32 Å². The van der Waals surface area contributed by atoms with E-state index >= 15 is 0 Å². The van der Waals surface area contributed by atoms with Gasteiger partial charge in [0.05, 0.1) is 5.60 Å². The molecule has 4 nitrogen and oxygen atoms in total. The predicted octanol–water partition coefficient (Wildman–Crippen LogP) is 2.36. The molecular formula is C15H24N2O2. The second kappa shape index (κ2) is 8.43. The number of rotatable bonds is 4. The van der Waals surface area contributed by atoms with Crippen molar-refractivity contribution in [2.24, 2.45) is 0 Å². The first-order valence-corrected chi connectivity index (χ1v) is 6.40. The fourth-order valence-corrected chi connectivity index (χ4v) is 1.06. The molecule has 3 N–H and O–H groups in total. The van der Waals surface area contributed by atoms with Crippen molar-refractivity contribution in [2.75, 3.05) is 6.54 Å². The zero-order valence-electron chi connectivity index (χ0n) is 12.2. The lowest BCUT2D eigenvalue weighted by Gasteiger charge is -2.04. The van der Waals surface area contributed by atoms with Crippen molar-refractivity contribution in [2.45, 2.75) is 39.7 Å². The van der Waals surface area contributed by atoms with Crippen LogP contribution in [0.3, 0.4) is 0 Å². The number of aliphatic hydroxyl groups is 1. The maximum atomic E-state index is 11.4. The number of amides is 1. The predicted molar refractivity (Wildman–Crippen MR) is 78.5 cm³/mol. The molecule has 0 saturated carbocycles. The molecule has 1 aromatic carbocycles. The molecule has 106 valence electrons. The molecule has 1 rings (SSSR count). The zero-order chi connectivity index (χ0) is 14.9. The second-order valence-corrected chi connectivity index (χ2v) is 5.17. The second-order valence-electron chi connectivity index (χ2n) is 5.17. The van der Waals surface area contributed by atoms with Gasteiger partial charge in [-0.05, 0) is 27.2 Å². The fraction of sp³-hybridized carbons (Fsp3) is 0.467. The standard InChI is InChI=1S/C11H14N2O.C4H10O/c1-2-8-13-11(14)10(12)9-6-4-3-5-7-9;1-4(2,3)5/h3-7,12H,2,8H2,1H3,(H,13,14);5H,1-3H3.